The molecule has 1 saturated heterocycles. The van der Waals surface area contributed by atoms with E-state index in [2.05, 4.69) is 77.4 Å². The molecule has 0 atom stereocenters. The molecule has 0 aromatic heterocycles. The van der Waals surface area contributed by atoms with Crippen molar-refractivity contribution in [3.05, 3.63) is 88.5 Å². The first kappa shape index (κ1) is 21.3. The van der Waals surface area contributed by atoms with Crippen LogP contribution in [0.25, 0.3) is 0 Å². The van der Waals surface area contributed by atoms with E-state index in [0.717, 1.165) is 74.9 Å². The highest BCUT2D eigenvalue weighted by molar-refractivity contribution is 6.09. The fourth-order valence-electron chi connectivity index (χ4n) is 5.26. The quantitative estimate of drug-likeness (QED) is 0.627. The van der Waals surface area contributed by atoms with Gasteiger partial charge in [0.1, 0.15) is 0 Å². The molecule has 0 spiro atoms. The maximum Gasteiger partial charge on any atom is 0.0670 e. The lowest BCUT2D eigenvalue weighted by Gasteiger charge is -2.36. The van der Waals surface area contributed by atoms with E-state index < -0.39 is 0 Å². The zero-order valence-corrected chi connectivity index (χ0v) is 19.8. The van der Waals surface area contributed by atoms with Crippen molar-refractivity contribution in [2.45, 2.75) is 19.8 Å². The number of aliphatic imine (C=N–C) groups is 2. The molecule has 2 N–H and O–H groups in total. The summed E-state index contributed by atoms with van der Waals surface area (Å²) in [4.78, 5) is 14.8. The number of piperazine rings is 1. The molecule has 3 heterocycles. The Hall–Kier alpha value is -3.28. The van der Waals surface area contributed by atoms with E-state index in [1.165, 1.54) is 33.5 Å². The number of hydrogen-bond donors (Lipinski definition) is 1. The number of nitrogens with two attached hydrogens (primary N) is 1. The molecule has 0 radical (unpaired) electrons. The molecular formula is C29H31N5. The molecule has 3 aliphatic heterocycles. The standard InChI is InChI=1S/C29H31N5/c1-20-2-4-21(5-3-20)28-18-23-16-22(6-8-26(23)31-28)29-19-24-17-25(7-9-27(24)32-29)34-14-12-33(11-10-30)13-15-34/h2-9,16-17H,10-15,18-19,30H2,1H3. The van der Waals surface area contributed by atoms with Crippen molar-refractivity contribution >= 4 is 28.5 Å². The second kappa shape index (κ2) is 8.82. The van der Waals surface area contributed by atoms with Crippen LogP contribution in [0.5, 0.6) is 0 Å². The average molecular weight is 450 g/mol. The molecule has 0 aliphatic carbocycles. The third kappa shape index (κ3) is 4.06. The van der Waals surface area contributed by atoms with Gasteiger partial charge in [0.25, 0.3) is 0 Å². The molecule has 5 heteroatoms. The smallest absolute Gasteiger partial charge is 0.0670 e. The van der Waals surface area contributed by atoms with Gasteiger partial charge in [0, 0.05) is 57.8 Å². The third-order valence-electron chi connectivity index (χ3n) is 7.27. The van der Waals surface area contributed by atoms with Crippen LogP contribution in [0.2, 0.25) is 0 Å². The van der Waals surface area contributed by atoms with Crippen LogP contribution in [-0.4, -0.2) is 55.6 Å². The minimum Gasteiger partial charge on any atom is -0.369 e. The van der Waals surface area contributed by atoms with E-state index in [1.54, 1.807) is 0 Å². The van der Waals surface area contributed by atoms with E-state index >= 15 is 0 Å². The van der Waals surface area contributed by atoms with Crippen LogP contribution in [0.15, 0.2) is 70.6 Å². The molecule has 0 saturated carbocycles. The van der Waals surface area contributed by atoms with Gasteiger partial charge in [0.2, 0.25) is 0 Å². The summed E-state index contributed by atoms with van der Waals surface area (Å²) in [6, 6.07) is 22.1. The topological polar surface area (TPSA) is 57.2 Å². The molecule has 0 bridgehead atoms. The van der Waals surface area contributed by atoms with E-state index in [1.807, 2.05) is 0 Å². The summed E-state index contributed by atoms with van der Waals surface area (Å²) in [7, 11) is 0. The lowest BCUT2D eigenvalue weighted by molar-refractivity contribution is 0.265. The largest absolute Gasteiger partial charge is 0.369 e. The first-order valence-corrected chi connectivity index (χ1v) is 12.3. The van der Waals surface area contributed by atoms with E-state index in [-0.39, 0.29) is 0 Å². The maximum absolute atomic E-state index is 5.72. The molecule has 5 nitrogen and oxygen atoms in total. The zero-order chi connectivity index (χ0) is 23.1. The zero-order valence-electron chi connectivity index (χ0n) is 19.8. The molecule has 3 aliphatic rings. The second-order valence-electron chi connectivity index (χ2n) is 9.61. The lowest BCUT2D eigenvalue weighted by atomic mass is 9.98. The summed E-state index contributed by atoms with van der Waals surface area (Å²) in [6.45, 7) is 8.12. The van der Waals surface area contributed by atoms with E-state index in [0.29, 0.717) is 0 Å². The Morgan fingerprint density at radius 1 is 0.735 bits per heavy atom. The Morgan fingerprint density at radius 2 is 1.35 bits per heavy atom. The van der Waals surface area contributed by atoms with Crippen molar-refractivity contribution in [2.24, 2.45) is 15.7 Å². The van der Waals surface area contributed by atoms with Gasteiger partial charge in [0.05, 0.1) is 22.8 Å². The van der Waals surface area contributed by atoms with Gasteiger partial charge < -0.3 is 10.6 Å². The predicted octanol–water partition coefficient (Wildman–Crippen LogP) is 4.43. The second-order valence-corrected chi connectivity index (χ2v) is 9.61. The van der Waals surface area contributed by atoms with Gasteiger partial charge in [0.15, 0.2) is 0 Å². The molecular weight excluding hydrogens is 418 g/mol. The Kier molecular flexibility index (Phi) is 5.52. The fourth-order valence-corrected chi connectivity index (χ4v) is 5.26. The van der Waals surface area contributed by atoms with Crippen LogP contribution in [0.3, 0.4) is 0 Å². The predicted molar refractivity (Wildman–Crippen MR) is 142 cm³/mol. The number of hydrogen-bond acceptors (Lipinski definition) is 5. The van der Waals surface area contributed by atoms with Gasteiger partial charge in [-0.25, -0.2) is 0 Å². The summed E-state index contributed by atoms with van der Waals surface area (Å²) in [5.41, 5.74) is 17.9. The number of anilines is 1. The Morgan fingerprint density at radius 3 is 2.06 bits per heavy atom. The molecule has 0 amide bonds. The van der Waals surface area contributed by atoms with Gasteiger partial charge in [-0.15, -0.1) is 0 Å². The van der Waals surface area contributed by atoms with Crippen molar-refractivity contribution in [2.75, 3.05) is 44.2 Å². The first-order chi connectivity index (χ1) is 16.7. The highest BCUT2D eigenvalue weighted by Gasteiger charge is 2.22. The monoisotopic (exact) mass is 449 g/mol. The highest BCUT2D eigenvalue weighted by atomic mass is 15.3. The van der Waals surface area contributed by atoms with Crippen molar-refractivity contribution < 1.29 is 0 Å². The third-order valence-corrected chi connectivity index (χ3v) is 7.27. The number of rotatable bonds is 5. The molecule has 34 heavy (non-hydrogen) atoms. The van der Waals surface area contributed by atoms with Crippen molar-refractivity contribution in [1.82, 2.24) is 4.90 Å². The summed E-state index contributed by atoms with van der Waals surface area (Å²) >= 11 is 0. The minimum atomic E-state index is 0.737. The van der Waals surface area contributed by atoms with Crippen LogP contribution in [-0.2, 0) is 12.8 Å². The van der Waals surface area contributed by atoms with Gasteiger partial charge in [-0.3, -0.25) is 14.9 Å². The van der Waals surface area contributed by atoms with Crippen LogP contribution in [0.1, 0.15) is 27.8 Å². The highest BCUT2D eigenvalue weighted by Crippen LogP contribution is 2.35. The molecule has 3 aromatic rings. The van der Waals surface area contributed by atoms with Crippen molar-refractivity contribution in [3.8, 4) is 0 Å². The Bertz CT molecular complexity index is 1280. The van der Waals surface area contributed by atoms with Crippen molar-refractivity contribution in [3.63, 3.8) is 0 Å². The molecule has 0 unspecified atom stereocenters. The Balaban J connectivity index is 1.15. The molecule has 3 aromatic carbocycles. The van der Waals surface area contributed by atoms with Crippen LogP contribution < -0.4 is 10.6 Å². The molecule has 1 fully saturated rings. The summed E-state index contributed by atoms with van der Waals surface area (Å²) in [5.74, 6) is 0. The normalized spacial score (nSPS) is 17.4. The SMILES string of the molecule is Cc1ccc(C2=Nc3ccc(C4=Nc5ccc(N6CCN(CCN)CC6)cc5C4)cc3C2)cc1. The van der Waals surface area contributed by atoms with Crippen LogP contribution in [0.4, 0.5) is 17.1 Å². The van der Waals surface area contributed by atoms with E-state index in [4.69, 9.17) is 15.7 Å². The lowest BCUT2D eigenvalue weighted by Crippen LogP contribution is -2.47. The van der Waals surface area contributed by atoms with Crippen molar-refractivity contribution in [1.29, 1.82) is 0 Å². The van der Waals surface area contributed by atoms with Crippen LogP contribution >= 0.6 is 0 Å². The molecule has 172 valence electrons. The maximum atomic E-state index is 5.72. The Labute approximate surface area is 201 Å². The summed E-state index contributed by atoms with van der Waals surface area (Å²) in [5, 5.41) is 0. The number of benzene rings is 3. The van der Waals surface area contributed by atoms with Gasteiger partial charge in [-0.1, -0.05) is 35.9 Å². The van der Waals surface area contributed by atoms with E-state index in [9.17, 15) is 0 Å². The summed E-state index contributed by atoms with van der Waals surface area (Å²) < 4.78 is 0. The average Bonchev–Trinajstić information content (AvgIpc) is 3.48. The minimum absolute atomic E-state index is 0.737. The van der Waals surface area contributed by atoms with Gasteiger partial charge in [-0.2, -0.15) is 0 Å². The van der Waals surface area contributed by atoms with Gasteiger partial charge in [-0.05, 0) is 59.5 Å². The first-order valence-electron chi connectivity index (χ1n) is 12.3. The number of aryl methyl sites for hydroxylation is 1. The summed E-state index contributed by atoms with van der Waals surface area (Å²) in [6.07, 6.45) is 1.77. The fraction of sp³-hybridized carbons (Fsp3) is 0.310. The number of nitrogens with zero attached hydrogens (tertiary/aromatic N) is 4. The molecule has 6 rings (SSSR count). The van der Waals surface area contributed by atoms with Crippen LogP contribution in [0, 0.1) is 6.92 Å². The number of fused-ring (bicyclic) bond motifs is 2. The van der Waals surface area contributed by atoms with Gasteiger partial charge >= 0.3 is 0 Å².